The van der Waals surface area contributed by atoms with E-state index in [4.69, 9.17) is 4.74 Å². The van der Waals surface area contributed by atoms with Gasteiger partial charge in [0.2, 0.25) is 0 Å². The molecule has 2 heterocycles. The molecule has 116 valence electrons. The van der Waals surface area contributed by atoms with Crippen LogP contribution < -0.4 is 0 Å². The molecule has 2 atom stereocenters. The Morgan fingerprint density at radius 1 is 1.38 bits per heavy atom. The standard InChI is InChI=1S/C17H26N2OS/c1-13-18-15(10-21-13)9-20-12-17-7-3-4-14(17)8-19(11-17)16-5-2-6-16/h10,14,16H,2-9,11-12H2,1H3/t14-,17+/m1/s1. The lowest BCUT2D eigenvalue weighted by atomic mass is 9.81. The van der Waals surface area contributed by atoms with Gasteiger partial charge in [0.15, 0.2) is 0 Å². The molecule has 2 aliphatic carbocycles. The summed E-state index contributed by atoms with van der Waals surface area (Å²) >= 11 is 1.72. The molecule has 1 aromatic heterocycles. The lowest BCUT2D eigenvalue weighted by molar-refractivity contribution is 0.0214. The van der Waals surface area contributed by atoms with Crippen LogP contribution in [-0.2, 0) is 11.3 Å². The van der Waals surface area contributed by atoms with E-state index in [2.05, 4.69) is 22.2 Å². The van der Waals surface area contributed by atoms with E-state index < -0.39 is 0 Å². The van der Waals surface area contributed by atoms with Crippen LogP contribution in [0.1, 0.15) is 49.2 Å². The maximum atomic E-state index is 6.12. The van der Waals surface area contributed by atoms with Gasteiger partial charge in [-0.1, -0.05) is 12.8 Å². The fourth-order valence-corrected chi connectivity index (χ4v) is 5.15. The Morgan fingerprint density at radius 3 is 3.00 bits per heavy atom. The molecular weight excluding hydrogens is 280 g/mol. The van der Waals surface area contributed by atoms with Crippen LogP contribution in [0.2, 0.25) is 0 Å². The van der Waals surface area contributed by atoms with Crippen molar-refractivity contribution in [2.24, 2.45) is 11.3 Å². The van der Waals surface area contributed by atoms with Crippen LogP contribution in [0.3, 0.4) is 0 Å². The topological polar surface area (TPSA) is 25.4 Å². The van der Waals surface area contributed by atoms with Crippen molar-refractivity contribution in [3.63, 3.8) is 0 Å². The van der Waals surface area contributed by atoms with Crippen LogP contribution in [0.4, 0.5) is 0 Å². The van der Waals surface area contributed by atoms with Gasteiger partial charge < -0.3 is 4.74 Å². The number of fused-ring (bicyclic) bond motifs is 1. The number of ether oxygens (including phenoxy) is 1. The number of thiazole rings is 1. The predicted molar refractivity (Wildman–Crippen MR) is 85.5 cm³/mol. The average Bonchev–Trinajstić information content (AvgIpc) is 3.02. The van der Waals surface area contributed by atoms with Gasteiger partial charge in [-0.3, -0.25) is 4.90 Å². The molecule has 0 amide bonds. The second-order valence-electron chi connectivity index (χ2n) is 7.32. The van der Waals surface area contributed by atoms with E-state index in [0.29, 0.717) is 12.0 Å². The van der Waals surface area contributed by atoms with E-state index >= 15 is 0 Å². The third kappa shape index (κ3) is 2.66. The highest BCUT2D eigenvalue weighted by Gasteiger charge is 2.51. The highest BCUT2D eigenvalue weighted by atomic mass is 32.1. The van der Waals surface area contributed by atoms with Crippen LogP contribution in [0, 0.1) is 18.3 Å². The van der Waals surface area contributed by atoms with Crippen LogP contribution in [0.15, 0.2) is 5.38 Å². The number of rotatable bonds is 5. The van der Waals surface area contributed by atoms with Crippen LogP contribution in [-0.4, -0.2) is 35.6 Å². The zero-order valence-corrected chi connectivity index (χ0v) is 13.8. The molecule has 4 rings (SSSR count). The lowest BCUT2D eigenvalue weighted by Crippen LogP contribution is -2.40. The highest BCUT2D eigenvalue weighted by molar-refractivity contribution is 7.09. The maximum Gasteiger partial charge on any atom is 0.0898 e. The van der Waals surface area contributed by atoms with Crippen molar-refractivity contribution in [1.29, 1.82) is 0 Å². The number of aryl methyl sites for hydroxylation is 1. The number of hydrogen-bond donors (Lipinski definition) is 0. The van der Waals surface area contributed by atoms with Crippen LogP contribution >= 0.6 is 11.3 Å². The maximum absolute atomic E-state index is 6.12. The number of likely N-dealkylation sites (tertiary alicyclic amines) is 1. The van der Waals surface area contributed by atoms with Gasteiger partial charge in [-0.05, 0) is 38.5 Å². The zero-order valence-electron chi connectivity index (χ0n) is 13.0. The Kier molecular flexibility index (Phi) is 3.80. The smallest absolute Gasteiger partial charge is 0.0898 e. The van der Waals surface area contributed by atoms with Crippen molar-refractivity contribution in [2.45, 2.75) is 58.1 Å². The van der Waals surface area contributed by atoms with E-state index in [-0.39, 0.29) is 0 Å². The molecule has 2 saturated carbocycles. The Bertz CT molecular complexity index is 499. The first-order chi connectivity index (χ1) is 10.3. The Hall–Kier alpha value is -0.450. The zero-order chi connectivity index (χ0) is 14.3. The van der Waals surface area contributed by atoms with Gasteiger partial charge in [-0.25, -0.2) is 4.98 Å². The van der Waals surface area contributed by atoms with E-state index in [0.717, 1.165) is 29.3 Å². The first-order valence-electron chi connectivity index (χ1n) is 8.48. The summed E-state index contributed by atoms with van der Waals surface area (Å²) in [6.07, 6.45) is 8.50. The second kappa shape index (κ2) is 5.64. The molecule has 0 N–H and O–H groups in total. The van der Waals surface area contributed by atoms with Crippen molar-refractivity contribution in [3.8, 4) is 0 Å². The summed E-state index contributed by atoms with van der Waals surface area (Å²) in [4.78, 5) is 7.29. The van der Waals surface area contributed by atoms with Gasteiger partial charge in [-0.15, -0.1) is 11.3 Å². The van der Waals surface area contributed by atoms with E-state index in [1.54, 1.807) is 11.3 Å². The predicted octanol–water partition coefficient (Wildman–Crippen LogP) is 3.62. The molecule has 0 bridgehead atoms. The van der Waals surface area contributed by atoms with Gasteiger partial charge in [0.1, 0.15) is 0 Å². The first-order valence-corrected chi connectivity index (χ1v) is 9.36. The minimum absolute atomic E-state index is 0.459. The second-order valence-corrected chi connectivity index (χ2v) is 8.38. The monoisotopic (exact) mass is 306 g/mol. The third-order valence-electron chi connectivity index (χ3n) is 5.96. The minimum Gasteiger partial charge on any atom is -0.374 e. The van der Waals surface area contributed by atoms with E-state index in [1.807, 2.05) is 0 Å². The molecule has 1 saturated heterocycles. The summed E-state index contributed by atoms with van der Waals surface area (Å²) in [5.74, 6) is 0.885. The fourth-order valence-electron chi connectivity index (χ4n) is 4.56. The summed E-state index contributed by atoms with van der Waals surface area (Å²) in [5.41, 5.74) is 1.57. The molecule has 0 unspecified atom stereocenters. The molecule has 0 radical (unpaired) electrons. The molecule has 3 nitrogen and oxygen atoms in total. The summed E-state index contributed by atoms with van der Waals surface area (Å²) in [7, 11) is 0. The normalized spacial score (nSPS) is 33.3. The average molecular weight is 306 g/mol. The van der Waals surface area contributed by atoms with Gasteiger partial charge in [0.25, 0.3) is 0 Å². The minimum atomic E-state index is 0.459. The Balaban J connectivity index is 1.35. The Labute approximate surface area is 131 Å². The molecule has 1 aromatic rings. The molecule has 3 aliphatic rings. The third-order valence-corrected chi connectivity index (χ3v) is 6.79. The van der Waals surface area contributed by atoms with E-state index in [9.17, 15) is 0 Å². The molecular formula is C17H26N2OS. The van der Waals surface area contributed by atoms with Gasteiger partial charge in [-0.2, -0.15) is 0 Å². The molecule has 0 aromatic carbocycles. The SMILES string of the molecule is Cc1nc(COC[C@@]23CCC[C@@H]2CN(C2CCC2)C3)cs1. The summed E-state index contributed by atoms with van der Waals surface area (Å²) in [6.45, 7) is 6.33. The highest BCUT2D eigenvalue weighted by Crippen LogP contribution is 2.50. The van der Waals surface area contributed by atoms with E-state index in [1.165, 1.54) is 51.6 Å². The molecule has 1 aliphatic heterocycles. The number of nitrogens with zero attached hydrogens (tertiary/aromatic N) is 2. The van der Waals surface area contributed by atoms with Crippen molar-refractivity contribution in [3.05, 3.63) is 16.1 Å². The summed E-state index contributed by atoms with van der Waals surface area (Å²) in [5, 5.41) is 3.27. The molecule has 4 heteroatoms. The van der Waals surface area contributed by atoms with Gasteiger partial charge >= 0.3 is 0 Å². The largest absolute Gasteiger partial charge is 0.374 e. The molecule has 0 spiro atoms. The molecule has 3 fully saturated rings. The summed E-state index contributed by atoms with van der Waals surface area (Å²) < 4.78 is 6.12. The number of hydrogen-bond acceptors (Lipinski definition) is 4. The number of aromatic nitrogens is 1. The summed E-state index contributed by atoms with van der Waals surface area (Å²) in [6, 6.07) is 0.897. The van der Waals surface area contributed by atoms with Crippen LogP contribution in [0.5, 0.6) is 0 Å². The molecule has 21 heavy (non-hydrogen) atoms. The van der Waals surface area contributed by atoms with Crippen molar-refractivity contribution in [1.82, 2.24) is 9.88 Å². The van der Waals surface area contributed by atoms with Crippen molar-refractivity contribution >= 4 is 11.3 Å². The van der Waals surface area contributed by atoms with Gasteiger partial charge in [0, 0.05) is 29.9 Å². The lowest BCUT2D eigenvalue weighted by Gasteiger charge is -2.36. The Morgan fingerprint density at radius 2 is 2.29 bits per heavy atom. The quantitative estimate of drug-likeness (QED) is 0.831. The van der Waals surface area contributed by atoms with Crippen molar-refractivity contribution < 1.29 is 4.74 Å². The van der Waals surface area contributed by atoms with Gasteiger partial charge in [0.05, 0.1) is 23.9 Å². The first kappa shape index (κ1) is 14.2. The van der Waals surface area contributed by atoms with Crippen LogP contribution in [0.25, 0.3) is 0 Å². The van der Waals surface area contributed by atoms with Crippen molar-refractivity contribution in [2.75, 3.05) is 19.7 Å². The fraction of sp³-hybridized carbons (Fsp3) is 0.824.